The highest BCUT2D eigenvalue weighted by molar-refractivity contribution is 5.86. The highest BCUT2D eigenvalue weighted by Gasteiger charge is 2.27. The molecule has 2 N–H and O–H groups in total. The lowest BCUT2D eigenvalue weighted by Gasteiger charge is -2.23. The van der Waals surface area contributed by atoms with Crippen LogP contribution in [0.1, 0.15) is 30.5 Å². The highest BCUT2D eigenvalue weighted by Crippen LogP contribution is 2.29. The van der Waals surface area contributed by atoms with Crippen molar-refractivity contribution in [3.05, 3.63) is 77.6 Å². The number of benzene rings is 3. The van der Waals surface area contributed by atoms with Gasteiger partial charge in [0, 0.05) is 30.7 Å². The maximum absolute atomic E-state index is 14.8. The van der Waals surface area contributed by atoms with Crippen molar-refractivity contribution in [1.82, 2.24) is 5.32 Å². The zero-order valence-corrected chi connectivity index (χ0v) is 16.4. The van der Waals surface area contributed by atoms with Gasteiger partial charge in [0.1, 0.15) is 5.82 Å². The summed E-state index contributed by atoms with van der Waals surface area (Å²) >= 11 is 0. The van der Waals surface area contributed by atoms with Crippen LogP contribution >= 0.6 is 0 Å². The lowest BCUT2D eigenvalue weighted by Crippen LogP contribution is -2.34. The number of carboxylic acids is 1. The number of fused-ring (bicyclic) bond motifs is 1. The summed E-state index contributed by atoms with van der Waals surface area (Å²) in [4.78, 5) is 13.0. The SMILES string of the molecule is C[C@@H](N[C@H]1CCN(c2cccc(CC(=O)O)c2F)C1)c1cccc2ccccc12. The molecule has 150 valence electrons. The molecule has 4 nitrogen and oxygen atoms in total. The van der Waals surface area contributed by atoms with Crippen molar-refractivity contribution >= 4 is 22.4 Å². The Kier molecular flexibility index (Phi) is 5.49. The van der Waals surface area contributed by atoms with E-state index in [-0.39, 0.29) is 24.1 Å². The topological polar surface area (TPSA) is 52.6 Å². The Bertz CT molecular complexity index is 1030. The molecule has 0 unspecified atom stereocenters. The van der Waals surface area contributed by atoms with Gasteiger partial charge in [-0.3, -0.25) is 4.79 Å². The molecule has 0 spiro atoms. The van der Waals surface area contributed by atoms with Crippen LogP contribution in [0.4, 0.5) is 10.1 Å². The van der Waals surface area contributed by atoms with Crippen LogP contribution in [-0.2, 0) is 11.2 Å². The summed E-state index contributed by atoms with van der Waals surface area (Å²) in [6, 6.07) is 20.2. The molecule has 0 aromatic heterocycles. The van der Waals surface area contributed by atoms with Crippen molar-refractivity contribution in [3.8, 4) is 0 Å². The number of aliphatic carboxylic acids is 1. The van der Waals surface area contributed by atoms with E-state index in [2.05, 4.69) is 48.6 Å². The van der Waals surface area contributed by atoms with Gasteiger partial charge >= 0.3 is 5.97 Å². The Balaban J connectivity index is 1.47. The molecule has 1 saturated heterocycles. The second-order valence-electron chi connectivity index (χ2n) is 7.71. The third-order valence-electron chi connectivity index (χ3n) is 5.70. The summed E-state index contributed by atoms with van der Waals surface area (Å²) in [6.07, 6.45) is 0.616. The van der Waals surface area contributed by atoms with E-state index in [1.54, 1.807) is 18.2 Å². The van der Waals surface area contributed by atoms with Crippen molar-refractivity contribution in [1.29, 1.82) is 0 Å². The summed E-state index contributed by atoms with van der Waals surface area (Å²) in [5.41, 5.74) is 1.98. The predicted molar refractivity (Wildman–Crippen MR) is 114 cm³/mol. The number of anilines is 1. The second kappa shape index (κ2) is 8.21. The zero-order valence-electron chi connectivity index (χ0n) is 16.4. The van der Waals surface area contributed by atoms with Gasteiger partial charge in [0.25, 0.3) is 0 Å². The lowest BCUT2D eigenvalue weighted by atomic mass is 9.99. The molecule has 0 amide bonds. The third-order valence-corrected chi connectivity index (χ3v) is 5.70. The summed E-state index contributed by atoms with van der Waals surface area (Å²) in [7, 11) is 0. The van der Waals surface area contributed by atoms with Gasteiger partial charge < -0.3 is 15.3 Å². The first-order chi connectivity index (χ1) is 14.0. The summed E-state index contributed by atoms with van der Waals surface area (Å²) < 4.78 is 14.8. The molecule has 1 fully saturated rings. The van der Waals surface area contributed by atoms with Crippen LogP contribution in [0.2, 0.25) is 0 Å². The molecule has 2 atom stereocenters. The number of hydrogen-bond acceptors (Lipinski definition) is 3. The van der Waals surface area contributed by atoms with Gasteiger partial charge in [-0.2, -0.15) is 0 Å². The first-order valence-corrected chi connectivity index (χ1v) is 10.0. The molecular formula is C24H25FN2O2. The van der Waals surface area contributed by atoms with Crippen molar-refractivity contribution < 1.29 is 14.3 Å². The maximum atomic E-state index is 14.8. The standard InChI is InChI=1S/C24H25FN2O2/c1-16(20-10-4-7-17-6-2-3-9-21(17)20)26-19-12-13-27(15-19)22-11-5-8-18(24(22)25)14-23(28)29/h2-11,16,19,26H,12-15H2,1H3,(H,28,29)/t16-,19+/m1/s1. The minimum atomic E-state index is -1.02. The fourth-order valence-corrected chi connectivity index (χ4v) is 4.30. The fourth-order valence-electron chi connectivity index (χ4n) is 4.30. The van der Waals surface area contributed by atoms with Gasteiger partial charge in [0.05, 0.1) is 12.1 Å². The molecule has 5 heteroatoms. The monoisotopic (exact) mass is 392 g/mol. The fraction of sp³-hybridized carbons (Fsp3) is 0.292. The number of hydrogen-bond donors (Lipinski definition) is 2. The van der Waals surface area contributed by atoms with Gasteiger partial charge in [0.2, 0.25) is 0 Å². The molecule has 4 rings (SSSR count). The van der Waals surface area contributed by atoms with E-state index in [4.69, 9.17) is 5.11 Å². The second-order valence-corrected chi connectivity index (χ2v) is 7.71. The molecule has 1 aliphatic rings. The number of carboxylic acid groups (broad SMARTS) is 1. The van der Waals surface area contributed by atoms with Gasteiger partial charge in [-0.1, -0.05) is 54.6 Å². The van der Waals surface area contributed by atoms with Crippen LogP contribution in [0, 0.1) is 5.82 Å². The van der Waals surface area contributed by atoms with E-state index in [0.717, 1.165) is 13.0 Å². The molecule has 3 aromatic rings. The number of halogens is 1. The normalized spacial score (nSPS) is 17.6. The number of carbonyl (C=O) groups is 1. The number of rotatable bonds is 6. The molecule has 29 heavy (non-hydrogen) atoms. The number of nitrogens with zero attached hydrogens (tertiary/aromatic N) is 1. The minimum Gasteiger partial charge on any atom is -0.481 e. The molecule has 1 aliphatic heterocycles. The molecule has 1 heterocycles. The van der Waals surface area contributed by atoms with E-state index in [9.17, 15) is 9.18 Å². The first kappa shape index (κ1) is 19.4. The predicted octanol–water partition coefficient (Wildman–Crippen LogP) is 4.54. The Hall–Kier alpha value is -2.92. The average molecular weight is 392 g/mol. The quantitative estimate of drug-likeness (QED) is 0.647. The minimum absolute atomic E-state index is 0.175. The Morgan fingerprint density at radius 1 is 1.17 bits per heavy atom. The highest BCUT2D eigenvalue weighted by atomic mass is 19.1. The maximum Gasteiger partial charge on any atom is 0.307 e. The summed E-state index contributed by atoms with van der Waals surface area (Å²) in [6.45, 7) is 3.61. The van der Waals surface area contributed by atoms with Crippen molar-refractivity contribution in [2.45, 2.75) is 31.8 Å². The molecule has 0 aliphatic carbocycles. The first-order valence-electron chi connectivity index (χ1n) is 10.0. The van der Waals surface area contributed by atoms with Crippen LogP contribution in [0.5, 0.6) is 0 Å². The summed E-state index contributed by atoms with van der Waals surface area (Å²) in [5.74, 6) is -1.44. The van der Waals surface area contributed by atoms with Crippen LogP contribution in [0.25, 0.3) is 10.8 Å². The van der Waals surface area contributed by atoms with E-state index >= 15 is 0 Å². The van der Waals surface area contributed by atoms with Gasteiger partial charge in [-0.05, 0) is 35.7 Å². The van der Waals surface area contributed by atoms with Crippen LogP contribution in [0.3, 0.4) is 0 Å². The van der Waals surface area contributed by atoms with Crippen molar-refractivity contribution in [2.24, 2.45) is 0 Å². The molecule has 3 aromatic carbocycles. The Morgan fingerprint density at radius 3 is 2.76 bits per heavy atom. The molecular weight excluding hydrogens is 367 g/mol. The molecule has 0 bridgehead atoms. The van der Waals surface area contributed by atoms with Crippen LogP contribution in [0.15, 0.2) is 60.7 Å². The van der Waals surface area contributed by atoms with Crippen molar-refractivity contribution in [2.75, 3.05) is 18.0 Å². The molecule has 0 radical (unpaired) electrons. The van der Waals surface area contributed by atoms with E-state index in [1.807, 2.05) is 11.0 Å². The van der Waals surface area contributed by atoms with E-state index < -0.39 is 11.8 Å². The van der Waals surface area contributed by atoms with Gasteiger partial charge in [-0.25, -0.2) is 4.39 Å². The number of nitrogens with one attached hydrogen (secondary N) is 1. The third kappa shape index (κ3) is 4.10. The van der Waals surface area contributed by atoms with Gasteiger partial charge in [0.15, 0.2) is 0 Å². The van der Waals surface area contributed by atoms with Crippen molar-refractivity contribution in [3.63, 3.8) is 0 Å². The Morgan fingerprint density at radius 2 is 1.93 bits per heavy atom. The van der Waals surface area contributed by atoms with Crippen LogP contribution in [-0.4, -0.2) is 30.2 Å². The van der Waals surface area contributed by atoms with E-state index in [1.165, 1.54) is 16.3 Å². The Labute approximate surface area is 170 Å². The lowest BCUT2D eigenvalue weighted by molar-refractivity contribution is -0.136. The largest absolute Gasteiger partial charge is 0.481 e. The summed E-state index contributed by atoms with van der Waals surface area (Å²) in [5, 5.41) is 15.2. The van der Waals surface area contributed by atoms with Gasteiger partial charge in [-0.15, -0.1) is 0 Å². The molecule has 0 saturated carbocycles. The smallest absolute Gasteiger partial charge is 0.307 e. The average Bonchev–Trinajstić information content (AvgIpc) is 3.17. The zero-order chi connectivity index (χ0) is 20.4. The van der Waals surface area contributed by atoms with Crippen LogP contribution < -0.4 is 10.2 Å². The van der Waals surface area contributed by atoms with E-state index in [0.29, 0.717) is 12.2 Å².